The van der Waals surface area contributed by atoms with E-state index in [2.05, 4.69) is 0 Å². The van der Waals surface area contributed by atoms with Crippen molar-refractivity contribution in [2.24, 2.45) is 5.73 Å². The van der Waals surface area contributed by atoms with Gasteiger partial charge in [0, 0.05) is 12.6 Å². The smallest absolute Gasteiger partial charge is 0.407 e. The highest BCUT2D eigenvalue weighted by molar-refractivity contribution is 5.66. The molecule has 3 atom stereocenters. The maximum atomic E-state index is 11.1. The Hall–Kier alpha value is -0.810. The van der Waals surface area contributed by atoms with Gasteiger partial charge in [0.1, 0.15) is 0 Å². The molecule has 88 valence electrons. The largest absolute Gasteiger partial charge is 0.465 e. The minimum Gasteiger partial charge on any atom is -0.465 e. The molecule has 1 amide bonds. The van der Waals surface area contributed by atoms with Gasteiger partial charge in [-0.25, -0.2) is 4.79 Å². The van der Waals surface area contributed by atoms with Crippen molar-refractivity contribution < 1.29 is 15.0 Å². The molecule has 5 nitrogen and oxygen atoms in total. The van der Waals surface area contributed by atoms with E-state index in [1.54, 1.807) is 13.8 Å². The van der Waals surface area contributed by atoms with Gasteiger partial charge in [0.2, 0.25) is 0 Å². The van der Waals surface area contributed by atoms with Crippen LogP contribution in [0.15, 0.2) is 0 Å². The lowest BCUT2D eigenvalue weighted by Gasteiger charge is -2.55. The van der Waals surface area contributed by atoms with E-state index in [-0.39, 0.29) is 6.04 Å². The van der Waals surface area contributed by atoms with Crippen LogP contribution in [0.25, 0.3) is 0 Å². The van der Waals surface area contributed by atoms with E-state index < -0.39 is 17.2 Å². The molecule has 3 unspecified atom stereocenters. The van der Waals surface area contributed by atoms with E-state index in [0.29, 0.717) is 19.4 Å². The van der Waals surface area contributed by atoms with Gasteiger partial charge in [-0.05, 0) is 26.7 Å². The molecule has 0 aromatic heterocycles. The lowest BCUT2D eigenvalue weighted by molar-refractivity contribution is -0.126. The van der Waals surface area contributed by atoms with Gasteiger partial charge in [-0.3, -0.25) is 4.90 Å². The SMILES string of the molecule is CCC1(C)N(C(=O)O)CCC(N)C1(C)O. The Kier molecular flexibility index (Phi) is 2.98. The van der Waals surface area contributed by atoms with Crippen molar-refractivity contribution in [3.8, 4) is 0 Å². The number of nitrogens with two attached hydrogens (primary N) is 1. The molecular weight excluding hydrogens is 196 g/mol. The summed E-state index contributed by atoms with van der Waals surface area (Å²) in [6.45, 7) is 5.62. The van der Waals surface area contributed by atoms with Crippen molar-refractivity contribution in [3.63, 3.8) is 0 Å². The molecule has 0 saturated carbocycles. The van der Waals surface area contributed by atoms with Crippen LogP contribution in [0.2, 0.25) is 0 Å². The molecule has 0 aromatic carbocycles. The van der Waals surface area contributed by atoms with E-state index in [1.165, 1.54) is 4.90 Å². The van der Waals surface area contributed by atoms with Gasteiger partial charge in [-0.1, -0.05) is 6.92 Å². The van der Waals surface area contributed by atoms with Gasteiger partial charge >= 0.3 is 6.09 Å². The number of rotatable bonds is 1. The van der Waals surface area contributed by atoms with Crippen molar-refractivity contribution in [2.45, 2.75) is 50.8 Å². The van der Waals surface area contributed by atoms with Gasteiger partial charge in [0.05, 0.1) is 11.1 Å². The van der Waals surface area contributed by atoms with Crippen LogP contribution in [0.4, 0.5) is 4.79 Å². The number of carbonyl (C=O) groups is 1. The fourth-order valence-corrected chi connectivity index (χ4v) is 2.32. The predicted octanol–water partition coefficient (Wildman–Crippen LogP) is 0.617. The Labute approximate surface area is 89.9 Å². The van der Waals surface area contributed by atoms with Gasteiger partial charge in [0.25, 0.3) is 0 Å². The summed E-state index contributed by atoms with van der Waals surface area (Å²) in [5.74, 6) is 0. The zero-order valence-electron chi connectivity index (χ0n) is 9.53. The normalized spacial score (nSPS) is 41.7. The molecule has 1 rings (SSSR count). The number of carboxylic acid groups (broad SMARTS) is 1. The van der Waals surface area contributed by atoms with Crippen LogP contribution >= 0.6 is 0 Å². The Morgan fingerprint density at radius 2 is 2.13 bits per heavy atom. The van der Waals surface area contributed by atoms with Crippen LogP contribution in [-0.2, 0) is 0 Å². The highest BCUT2D eigenvalue weighted by Crippen LogP contribution is 2.38. The van der Waals surface area contributed by atoms with Crippen molar-refractivity contribution >= 4 is 6.09 Å². The highest BCUT2D eigenvalue weighted by atomic mass is 16.4. The number of nitrogens with zero attached hydrogens (tertiary/aromatic N) is 1. The number of likely N-dealkylation sites (tertiary alicyclic amines) is 1. The standard InChI is InChI=1S/C10H20N2O3/c1-4-9(2)10(3,15)7(11)5-6-12(9)8(13)14/h7,15H,4-6,11H2,1-3H3,(H,13,14). The molecule has 0 aromatic rings. The zero-order chi connectivity index (χ0) is 11.9. The molecule has 0 radical (unpaired) electrons. The lowest BCUT2D eigenvalue weighted by atomic mass is 9.70. The molecule has 1 saturated heterocycles. The summed E-state index contributed by atoms with van der Waals surface area (Å²) in [4.78, 5) is 12.4. The van der Waals surface area contributed by atoms with Crippen LogP contribution in [0, 0.1) is 0 Å². The van der Waals surface area contributed by atoms with Gasteiger partial charge in [-0.15, -0.1) is 0 Å². The number of piperidine rings is 1. The molecule has 1 fully saturated rings. The first-order valence-corrected chi connectivity index (χ1v) is 5.26. The van der Waals surface area contributed by atoms with Crippen LogP contribution in [0.1, 0.15) is 33.6 Å². The van der Waals surface area contributed by atoms with Crippen LogP contribution < -0.4 is 5.73 Å². The van der Waals surface area contributed by atoms with Crippen molar-refractivity contribution in [3.05, 3.63) is 0 Å². The molecule has 4 N–H and O–H groups in total. The van der Waals surface area contributed by atoms with E-state index in [1.807, 2.05) is 6.92 Å². The van der Waals surface area contributed by atoms with Crippen LogP contribution in [0.3, 0.4) is 0 Å². The quantitative estimate of drug-likeness (QED) is 0.599. The molecule has 1 heterocycles. The molecule has 0 aliphatic carbocycles. The monoisotopic (exact) mass is 216 g/mol. The Bertz CT molecular complexity index is 267. The maximum absolute atomic E-state index is 11.1. The molecular formula is C10H20N2O3. The summed E-state index contributed by atoms with van der Waals surface area (Å²) < 4.78 is 0. The Morgan fingerprint density at radius 1 is 1.60 bits per heavy atom. The number of hydrogen-bond donors (Lipinski definition) is 3. The number of hydrogen-bond acceptors (Lipinski definition) is 3. The lowest BCUT2D eigenvalue weighted by Crippen LogP contribution is -2.72. The van der Waals surface area contributed by atoms with Crippen LogP contribution in [-0.4, -0.2) is 44.9 Å². The summed E-state index contributed by atoms with van der Waals surface area (Å²) >= 11 is 0. The topological polar surface area (TPSA) is 86.8 Å². The summed E-state index contributed by atoms with van der Waals surface area (Å²) in [6, 6.07) is -0.377. The van der Waals surface area contributed by atoms with Gasteiger partial charge in [0.15, 0.2) is 0 Å². The minimum atomic E-state index is -1.18. The average Bonchev–Trinajstić information content (AvgIpc) is 2.14. The first-order chi connectivity index (χ1) is 6.77. The van der Waals surface area contributed by atoms with E-state index >= 15 is 0 Å². The molecule has 0 bridgehead atoms. The van der Waals surface area contributed by atoms with Gasteiger partial charge < -0.3 is 15.9 Å². The summed E-state index contributed by atoms with van der Waals surface area (Å²) in [6.07, 6.45) is 0.0426. The molecule has 1 aliphatic heterocycles. The predicted molar refractivity (Wildman–Crippen MR) is 56.6 cm³/mol. The fraction of sp³-hybridized carbons (Fsp3) is 0.900. The van der Waals surface area contributed by atoms with Gasteiger partial charge in [-0.2, -0.15) is 0 Å². The third-order valence-electron chi connectivity index (χ3n) is 3.99. The second-order valence-corrected chi connectivity index (χ2v) is 4.60. The van der Waals surface area contributed by atoms with Crippen molar-refractivity contribution in [1.82, 2.24) is 4.90 Å². The Morgan fingerprint density at radius 3 is 2.53 bits per heavy atom. The molecule has 15 heavy (non-hydrogen) atoms. The first-order valence-electron chi connectivity index (χ1n) is 5.26. The van der Waals surface area contributed by atoms with E-state index in [0.717, 1.165) is 0 Å². The highest BCUT2D eigenvalue weighted by Gasteiger charge is 2.54. The van der Waals surface area contributed by atoms with Crippen molar-refractivity contribution in [2.75, 3.05) is 6.54 Å². The molecule has 5 heteroatoms. The van der Waals surface area contributed by atoms with E-state index in [9.17, 15) is 9.90 Å². The van der Waals surface area contributed by atoms with Crippen molar-refractivity contribution in [1.29, 1.82) is 0 Å². The second-order valence-electron chi connectivity index (χ2n) is 4.60. The minimum absolute atomic E-state index is 0.377. The summed E-state index contributed by atoms with van der Waals surface area (Å²) in [5, 5.41) is 19.4. The summed E-state index contributed by atoms with van der Waals surface area (Å²) in [5.41, 5.74) is 3.87. The fourth-order valence-electron chi connectivity index (χ4n) is 2.32. The Balaban J connectivity index is 3.11. The number of amides is 1. The summed E-state index contributed by atoms with van der Waals surface area (Å²) in [7, 11) is 0. The third kappa shape index (κ3) is 1.59. The first kappa shape index (κ1) is 12.3. The average molecular weight is 216 g/mol. The maximum Gasteiger partial charge on any atom is 0.407 e. The number of aliphatic hydroxyl groups is 1. The van der Waals surface area contributed by atoms with Crippen LogP contribution in [0.5, 0.6) is 0 Å². The second kappa shape index (κ2) is 3.64. The zero-order valence-corrected chi connectivity index (χ0v) is 9.53. The van der Waals surface area contributed by atoms with E-state index in [4.69, 9.17) is 10.8 Å². The third-order valence-corrected chi connectivity index (χ3v) is 3.99. The molecule has 1 aliphatic rings. The molecule has 0 spiro atoms.